The number of esters is 1. The van der Waals surface area contributed by atoms with Crippen molar-refractivity contribution in [3.8, 4) is 0 Å². The van der Waals surface area contributed by atoms with Gasteiger partial charge in [-0.1, -0.05) is 13.8 Å². The number of nitrogens with one attached hydrogen (secondary N) is 1. The van der Waals surface area contributed by atoms with Gasteiger partial charge in [-0.25, -0.2) is 9.78 Å². The minimum absolute atomic E-state index is 0.00978. The molecule has 0 radical (unpaired) electrons. The molecule has 6 nitrogen and oxygen atoms in total. The summed E-state index contributed by atoms with van der Waals surface area (Å²) in [5, 5.41) is 3.30. The van der Waals surface area contributed by atoms with Crippen molar-refractivity contribution in [1.82, 2.24) is 4.98 Å². The molecule has 0 amide bonds. The number of ether oxygens (including phenoxy) is 2. The van der Waals surface area contributed by atoms with Gasteiger partial charge in [0.1, 0.15) is 5.82 Å². The fourth-order valence-corrected chi connectivity index (χ4v) is 2.57. The summed E-state index contributed by atoms with van der Waals surface area (Å²) >= 11 is 0. The number of nitrogens with two attached hydrogens (primary N) is 1. The highest BCUT2D eigenvalue weighted by Gasteiger charge is 2.48. The smallest absolute Gasteiger partial charge is 0.340 e. The number of anilines is 2. The normalized spacial score (nSPS) is 23.8. The van der Waals surface area contributed by atoms with Crippen LogP contribution < -0.4 is 11.1 Å². The first-order valence-electron chi connectivity index (χ1n) is 6.54. The SMILES string of the molecule is COC(=O)c1ccnc(NC2CC(OC)C2(C)C)c1N. The van der Waals surface area contributed by atoms with E-state index in [1.807, 2.05) is 0 Å². The lowest BCUT2D eigenvalue weighted by Crippen LogP contribution is -2.57. The Labute approximate surface area is 118 Å². The molecule has 1 saturated carbocycles. The van der Waals surface area contributed by atoms with Gasteiger partial charge in [0.2, 0.25) is 0 Å². The van der Waals surface area contributed by atoms with E-state index < -0.39 is 5.97 Å². The number of nitrogen functional groups attached to an aromatic ring is 1. The molecule has 3 N–H and O–H groups in total. The largest absolute Gasteiger partial charge is 0.465 e. The van der Waals surface area contributed by atoms with Crippen LogP contribution in [0.5, 0.6) is 0 Å². The molecule has 1 aliphatic carbocycles. The minimum atomic E-state index is -0.462. The van der Waals surface area contributed by atoms with Crippen LogP contribution in [0.15, 0.2) is 12.3 Å². The van der Waals surface area contributed by atoms with E-state index in [1.54, 1.807) is 19.4 Å². The van der Waals surface area contributed by atoms with Gasteiger partial charge in [-0.2, -0.15) is 0 Å². The predicted molar refractivity (Wildman–Crippen MR) is 76.6 cm³/mol. The standard InChI is InChI=1S/C14H21N3O3/c1-14(2)9(7-10(14)19-3)17-12-11(15)8(5-6-16-12)13(18)20-4/h5-6,9-10H,7,15H2,1-4H3,(H,16,17). The van der Waals surface area contributed by atoms with Crippen LogP contribution in [0.2, 0.25) is 0 Å². The molecular formula is C14H21N3O3. The van der Waals surface area contributed by atoms with Gasteiger partial charge in [0.05, 0.1) is 24.5 Å². The molecule has 1 fully saturated rings. The molecule has 110 valence electrons. The van der Waals surface area contributed by atoms with Gasteiger partial charge in [-0.05, 0) is 12.5 Å². The van der Waals surface area contributed by atoms with Gasteiger partial charge < -0.3 is 20.5 Å². The molecule has 0 bridgehead atoms. The lowest BCUT2D eigenvalue weighted by atomic mass is 9.64. The molecule has 6 heteroatoms. The van der Waals surface area contributed by atoms with Crippen LogP contribution in [0, 0.1) is 5.41 Å². The Morgan fingerprint density at radius 2 is 2.20 bits per heavy atom. The Kier molecular flexibility index (Phi) is 3.85. The Morgan fingerprint density at radius 3 is 2.75 bits per heavy atom. The number of aromatic nitrogens is 1. The lowest BCUT2D eigenvalue weighted by Gasteiger charge is -2.51. The van der Waals surface area contributed by atoms with Gasteiger partial charge in [-0.15, -0.1) is 0 Å². The summed E-state index contributed by atoms with van der Waals surface area (Å²) in [5.41, 5.74) is 6.62. The summed E-state index contributed by atoms with van der Waals surface area (Å²) in [4.78, 5) is 15.8. The van der Waals surface area contributed by atoms with Crippen molar-refractivity contribution < 1.29 is 14.3 Å². The third-order valence-corrected chi connectivity index (χ3v) is 4.17. The molecule has 1 aliphatic rings. The molecule has 0 spiro atoms. The highest BCUT2D eigenvalue weighted by molar-refractivity contribution is 5.97. The Morgan fingerprint density at radius 1 is 1.50 bits per heavy atom. The monoisotopic (exact) mass is 279 g/mol. The summed E-state index contributed by atoms with van der Waals surface area (Å²) < 4.78 is 10.1. The maximum atomic E-state index is 11.6. The molecule has 20 heavy (non-hydrogen) atoms. The van der Waals surface area contributed by atoms with E-state index in [-0.39, 0.29) is 17.6 Å². The molecule has 2 atom stereocenters. The zero-order valence-electron chi connectivity index (χ0n) is 12.3. The highest BCUT2D eigenvalue weighted by atomic mass is 16.5. The first-order valence-corrected chi connectivity index (χ1v) is 6.54. The summed E-state index contributed by atoms with van der Waals surface area (Å²) in [6.07, 6.45) is 2.64. The molecule has 2 unspecified atom stereocenters. The zero-order valence-corrected chi connectivity index (χ0v) is 12.3. The van der Waals surface area contributed by atoms with Crippen LogP contribution in [0.1, 0.15) is 30.6 Å². The summed E-state index contributed by atoms with van der Waals surface area (Å²) in [5.74, 6) is 0.0520. The number of nitrogens with zero attached hydrogens (tertiary/aromatic N) is 1. The second-order valence-electron chi connectivity index (χ2n) is 5.59. The molecule has 1 aromatic rings. The van der Waals surface area contributed by atoms with Crippen molar-refractivity contribution in [2.75, 3.05) is 25.3 Å². The number of hydrogen-bond acceptors (Lipinski definition) is 6. The van der Waals surface area contributed by atoms with E-state index >= 15 is 0 Å². The van der Waals surface area contributed by atoms with Crippen LogP contribution >= 0.6 is 0 Å². The maximum absolute atomic E-state index is 11.6. The van der Waals surface area contributed by atoms with E-state index in [0.29, 0.717) is 17.1 Å². The zero-order chi connectivity index (χ0) is 14.9. The van der Waals surface area contributed by atoms with Gasteiger partial charge in [0, 0.05) is 24.8 Å². The molecule has 0 saturated heterocycles. The number of carbonyl (C=O) groups is 1. The van der Waals surface area contributed by atoms with E-state index in [2.05, 4.69) is 24.1 Å². The van der Waals surface area contributed by atoms with E-state index in [0.717, 1.165) is 6.42 Å². The van der Waals surface area contributed by atoms with Crippen molar-refractivity contribution in [1.29, 1.82) is 0 Å². The lowest BCUT2D eigenvalue weighted by molar-refractivity contribution is -0.0795. The minimum Gasteiger partial charge on any atom is -0.465 e. The van der Waals surface area contributed by atoms with Crippen molar-refractivity contribution in [3.63, 3.8) is 0 Å². The third kappa shape index (κ3) is 2.31. The Bertz CT molecular complexity index is 516. The Hall–Kier alpha value is -1.82. The topological polar surface area (TPSA) is 86.5 Å². The van der Waals surface area contributed by atoms with Gasteiger partial charge in [-0.3, -0.25) is 0 Å². The van der Waals surface area contributed by atoms with Gasteiger partial charge in [0.25, 0.3) is 0 Å². The summed E-state index contributed by atoms with van der Waals surface area (Å²) in [7, 11) is 3.04. The fourth-order valence-electron chi connectivity index (χ4n) is 2.57. The van der Waals surface area contributed by atoms with Crippen LogP contribution in [0.3, 0.4) is 0 Å². The molecule has 0 aliphatic heterocycles. The van der Waals surface area contributed by atoms with Crippen molar-refractivity contribution in [3.05, 3.63) is 17.8 Å². The van der Waals surface area contributed by atoms with Crippen molar-refractivity contribution in [2.45, 2.75) is 32.4 Å². The number of pyridine rings is 1. The quantitative estimate of drug-likeness (QED) is 0.815. The van der Waals surface area contributed by atoms with Crippen LogP contribution in [-0.4, -0.2) is 37.3 Å². The first kappa shape index (κ1) is 14.6. The van der Waals surface area contributed by atoms with E-state index in [9.17, 15) is 4.79 Å². The van der Waals surface area contributed by atoms with Crippen LogP contribution in [0.4, 0.5) is 11.5 Å². The molecule has 1 aromatic heterocycles. The Balaban J connectivity index is 2.18. The summed E-state index contributed by atoms with van der Waals surface area (Å²) in [6, 6.07) is 1.76. The van der Waals surface area contributed by atoms with Crippen molar-refractivity contribution in [2.24, 2.45) is 5.41 Å². The number of hydrogen-bond donors (Lipinski definition) is 2. The molecule has 1 heterocycles. The average molecular weight is 279 g/mol. The molecular weight excluding hydrogens is 258 g/mol. The van der Waals surface area contributed by atoms with E-state index in [4.69, 9.17) is 15.2 Å². The average Bonchev–Trinajstić information content (AvgIpc) is 2.43. The van der Waals surface area contributed by atoms with Crippen LogP contribution in [-0.2, 0) is 9.47 Å². The van der Waals surface area contributed by atoms with Crippen molar-refractivity contribution >= 4 is 17.5 Å². The first-order chi connectivity index (χ1) is 9.41. The second-order valence-corrected chi connectivity index (χ2v) is 5.59. The maximum Gasteiger partial charge on any atom is 0.340 e. The fraction of sp³-hybridized carbons (Fsp3) is 0.571. The molecule has 2 rings (SSSR count). The van der Waals surface area contributed by atoms with Gasteiger partial charge in [0.15, 0.2) is 0 Å². The highest BCUT2D eigenvalue weighted by Crippen LogP contribution is 2.44. The number of methoxy groups -OCH3 is 2. The number of carbonyl (C=O) groups excluding carboxylic acids is 1. The second kappa shape index (κ2) is 5.28. The van der Waals surface area contributed by atoms with E-state index in [1.165, 1.54) is 7.11 Å². The van der Waals surface area contributed by atoms with Crippen LogP contribution in [0.25, 0.3) is 0 Å². The summed E-state index contributed by atoms with van der Waals surface area (Å²) in [6.45, 7) is 4.26. The number of rotatable bonds is 4. The third-order valence-electron chi connectivity index (χ3n) is 4.17. The van der Waals surface area contributed by atoms with Gasteiger partial charge >= 0.3 is 5.97 Å². The molecule has 0 aromatic carbocycles. The predicted octanol–water partition coefficient (Wildman–Crippen LogP) is 1.68.